The first-order chi connectivity index (χ1) is 20.7. The number of nitrogens with zero attached hydrogens (tertiary/aromatic N) is 3. The Morgan fingerprint density at radius 1 is 0.643 bits per heavy atom. The normalized spacial score (nSPS) is 11.8. The lowest BCUT2D eigenvalue weighted by molar-refractivity contribution is 1.06. The summed E-state index contributed by atoms with van der Waals surface area (Å²) in [5.41, 5.74) is 14.0. The molecule has 6 aromatic carbocycles. The quantitative estimate of drug-likeness (QED) is 0.170. The van der Waals surface area contributed by atoms with Crippen LogP contribution in [0.3, 0.4) is 0 Å². The van der Waals surface area contributed by atoms with Crippen LogP contribution in [0.25, 0.3) is 33.0 Å². The number of benzene rings is 6. The number of rotatable bonds is 6. The summed E-state index contributed by atoms with van der Waals surface area (Å²) in [5.74, 6) is 0.977. The number of hydrogen-bond donors (Lipinski definition) is 1. The molecule has 200 valence electrons. The molecule has 6 aromatic rings. The molecule has 0 aromatic heterocycles. The molecule has 0 saturated heterocycles. The van der Waals surface area contributed by atoms with Gasteiger partial charge in [-0.15, -0.1) is 0 Å². The first-order valence-electron chi connectivity index (χ1n) is 13.8. The minimum atomic E-state index is 0.407. The van der Waals surface area contributed by atoms with Gasteiger partial charge >= 0.3 is 0 Å². The molecule has 0 aliphatic carbocycles. The Balaban J connectivity index is 1.53. The largest absolute Gasteiger partial charge is 0.383 e. The zero-order chi connectivity index (χ0) is 28.7. The molecule has 4 heteroatoms. The van der Waals surface area contributed by atoms with Gasteiger partial charge in [0.15, 0.2) is 5.84 Å². The zero-order valence-electron chi connectivity index (χ0n) is 23.0. The van der Waals surface area contributed by atoms with Gasteiger partial charge in [-0.05, 0) is 45.2 Å². The molecule has 0 spiro atoms. The molecule has 0 heterocycles. The fourth-order valence-corrected chi connectivity index (χ4v) is 5.14. The number of fused-ring (bicyclic) bond motifs is 1. The highest BCUT2D eigenvalue weighted by molar-refractivity contribution is 6.17. The molecule has 0 fully saturated rings. The number of aliphatic imine (C=N–C) groups is 2. The lowest BCUT2D eigenvalue weighted by Crippen LogP contribution is -2.16. The summed E-state index contributed by atoms with van der Waals surface area (Å²) in [7, 11) is 0. The van der Waals surface area contributed by atoms with Crippen molar-refractivity contribution in [1.82, 2.24) is 0 Å². The molecular weight excluding hydrogens is 512 g/mol. The molecule has 0 aliphatic rings. The predicted octanol–water partition coefficient (Wildman–Crippen LogP) is 8.40. The van der Waals surface area contributed by atoms with Crippen LogP contribution in [0.4, 0.5) is 0 Å². The topological polar surface area (TPSA) is 74.5 Å². The van der Waals surface area contributed by atoms with Crippen LogP contribution in [0.1, 0.15) is 22.3 Å². The summed E-state index contributed by atoms with van der Waals surface area (Å²) in [4.78, 5) is 9.94. The van der Waals surface area contributed by atoms with Crippen LogP contribution in [0.5, 0.6) is 0 Å². The van der Waals surface area contributed by atoms with Gasteiger partial charge in [0, 0.05) is 16.7 Å². The highest BCUT2D eigenvalue weighted by Gasteiger charge is 2.16. The van der Waals surface area contributed by atoms with Gasteiger partial charge in [0.05, 0.1) is 18.2 Å². The van der Waals surface area contributed by atoms with Crippen LogP contribution in [0.15, 0.2) is 156 Å². The molecule has 6 rings (SSSR count). The van der Waals surface area contributed by atoms with Crippen molar-refractivity contribution >= 4 is 22.4 Å². The fourth-order valence-electron chi connectivity index (χ4n) is 5.14. The van der Waals surface area contributed by atoms with Crippen molar-refractivity contribution in [2.24, 2.45) is 15.7 Å². The third-order valence-electron chi connectivity index (χ3n) is 7.25. The smallest absolute Gasteiger partial charge is 0.157 e. The predicted molar refractivity (Wildman–Crippen MR) is 173 cm³/mol. The summed E-state index contributed by atoms with van der Waals surface area (Å²) in [6.45, 7) is 0.470. The van der Waals surface area contributed by atoms with Gasteiger partial charge in [-0.1, -0.05) is 133 Å². The Labute approximate surface area is 245 Å². The van der Waals surface area contributed by atoms with E-state index in [9.17, 15) is 5.26 Å². The van der Waals surface area contributed by atoms with Crippen molar-refractivity contribution in [3.8, 4) is 28.3 Å². The lowest BCUT2D eigenvalue weighted by Gasteiger charge is -2.15. The van der Waals surface area contributed by atoms with Crippen molar-refractivity contribution in [1.29, 1.82) is 5.26 Å². The Morgan fingerprint density at radius 3 is 2.05 bits per heavy atom. The molecule has 0 aliphatic heterocycles. The molecule has 0 radical (unpaired) electrons. The van der Waals surface area contributed by atoms with E-state index < -0.39 is 0 Å². The average molecular weight is 541 g/mol. The molecule has 0 unspecified atom stereocenters. The molecule has 0 amide bonds. The Bertz CT molecular complexity index is 1950. The number of hydrogen-bond acceptors (Lipinski definition) is 2. The molecule has 2 N–H and O–H groups in total. The van der Waals surface area contributed by atoms with E-state index in [1.54, 1.807) is 0 Å². The van der Waals surface area contributed by atoms with Crippen LogP contribution in [-0.4, -0.2) is 11.7 Å². The minimum absolute atomic E-state index is 0.407. The number of nitriles is 1. The van der Waals surface area contributed by atoms with E-state index in [1.165, 1.54) is 0 Å². The second kappa shape index (κ2) is 12.2. The van der Waals surface area contributed by atoms with Crippen LogP contribution in [0.2, 0.25) is 0 Å². The summed E-state index contributed by atoms with van der Waals surface area (Å²) in [6.07, 6.45) is 0. The maximum Gasteiger partial charge on any atom is 0.157 e. The molecule has 0 saturated carbocycles. The van der Waals surface area contributed by atoms with Crippen molar-refractivity contribution in [2.45, 2.75) is 6.54 Å². The van der Waals surface area contributed by atoms with Gasteiger partial charge in [0.1, 0.15) is 5.84 Å². The Kier molecular flexibility index (Phi) is 7.65. The highest BCUT2D eigenvalue weighted by atomic mass is 15.0. The summed E-state index contributed by atoms with van der Waals surface area (Å²) in [6, 6.07) is 50.8. The SMILES string of the molecule is N#Cc1ccccc1-c1ccc(-c2c(C(/N=C(\N)c3ccccc3)=N/Cc3ccccc3)ccc3ccccc23)cc1. The maximum atomic E-state index is 9.63. The van der Waals surface area contributed by atoms with Gasteiger partial charge < -0.3 is 5.73 Å². The van der Waals surface area contributed by atoms with Crippen LogP contribution in [-0.2, 0) is 6.54 Å². The van der Waals surface area contributed by atoms with E-state index in [0.29, 0.717) is 23.8 Å². The first kappa shape index (κ1) is 26.4. The zero-order valence-corrected chi connectivity index (χ0v) is 23.0. The second-order valence-electron chi connectivity index (χ2n) is 9.93. The number of amidine groups is 2. The van der Waals surface area contributed by atoms with E-state index in [-0.39, 0.29) is 0 Å². The van der Waals surface area contributed by atoms with Crippen molar-refractivity contribution in [3.63, 3.8) is 0 Å². The van der Waals surface area contributed by atoms with E-state index in [2.05, 4.69) is 72.8 Å². The van der Waals surface area contributed by atoms with E-state index in [0.717, 1.165) is 49.7 Å². The van der Waals surface area contributed by atoms with E-state index in [4.69, 9.17) is 15.7 Å². The van der Waals surface area contributed by atoms with Crippen molar-refractivity contribution in [2.75, 3.05) is 0 Å². The van der Waals surface area contributed by atoms with Gasteiger partial charge in [-0.25, -0.2) is 4.99 Å². The molecule has 42 heavy (non-hydrogen) atoms. The average Bonchev–Trinajstić information content (AvgIpc) is 3.07. The van der Waals surface area contributed by atoms with Gasteiger partial charge in [0.2, 0.25) is 0 Å². The standard InChI is InChI=1S/C38H28N4/c39-25-32-16-8-9-17-33(32)29-19-21-30(22-20-29)36-34-18-10-7-13-28(34)23-24-35(36)38(41-26-27-11-3-1-4-12-27)42-37(40)31-14-5-2-6-15-31/h1-24H,26H2,(H2,40,41,42). The van der Waals surface area contributed by atoms with E-state index in [1.807, 2.05) is 78.9 Å². The molecule has 4 nitrogen and oxygen atoms in total. The van der Waals surface area contributed by atoms with Gasteiger partial charge in [-0.2, -0.15) is 5.26 Å². The lowest BCUT2D eigenvalue weighted by atomic mass is 9.91. The fraction of sp³-hybridized carbons (Fsp3) is 0.0263. The molecular formula is C38H28N4. The Morgan fingerprint density at radius 2 is 1.29 bits per heavy atom. The van der Waals surface area contributed by atoms with Crippen LogP contribution < -0.4 is 5.73 Å². The van der Waals surface area contributed by atoms with Crippen LogP contribution in [0, 0.1) is 11.3 Å². The summed E-state index contributed by atoms with van der Waals surface area (Å²) >= 11 is 0. The van der Waals surface area contributed by atoms with E-state index >= 15 is 0 Å². The van der Waals surface area contributed by atoms with Gasteiger partial charge in [0.25, 0.3) is 0 Å². The first-order valence-corrected chi connectivity index (χ1v) is 13.8. The second-order valence-corrected chi connectivity index (χ2v) is 9.93. The monoisotopic (exact) mass is 540 g/mol. The van der Waals surface area contributed by atoms with Crippen molar-refractivity contribution < 1.29 is 0 Å². The summed E-state index contributed by atoms with van der Waals surface area (Å²) in [5, 5.41) is 11.9. The van der Waals surface area contributed by atoms with Gasteiger partial charge in [-0.3, -0.25) is 4.99 Å². The van der Waals surface area contributed by atoms with Crippen LogP contribution >= 0.6 is 0 Å². The highest BCUT2D eigenvalue weighted by Crippen LogP contribution is 2.35. The third kappa shape index (κ3) is 5.58. The number of nitrogens with two attached hydrogens (primary N) is 1. The maximum absolute atomic E-state index is 9.63. The molecule has 0 bridgehead atoms. The molecule has 0 atom stereocenters. The summed E-state index contributed by atoms with van der Waals surface area (Å²) < 4.78 is 0. The minimum Gasteiger partial charge on any atom is -0.383 e. The van der Waals surface area contributed by atoms with Crippen molar-refractivity contribution in [3.05, 3.63) is 168 Å². The third-order valence-corrected chi connectivity index (χ3v) is 7.25. The Hall–Kier alpha value is -5.79.